The van der Waals surface area contributed by atoms with Gasteiger partial charge in [-0.25, -0.2) is 15.0 Å². The molecule has 0 saturated carbocycles. The molecule has 5 nitrogen and oxygen atoms in total. The van der Waals surface area contributed by atoms with Crippen LogP contribution in [0.15, 0.2) is 9.98 Å². The van der Waals surface area contributed by atoms with Crippen LogP contribution in [0.5, 0.6) is 0 Å². The molecule has 0 aromatic carbocycles. The van der Waals surface area contributed by atoms with E-state index in [1.165, 1.54) is 19.2 Å². The highest BCUT2D eigenvalue weighted by Gasteiger charge is 2.11. The van der Waals surface area contributed by atoms with Crippen molar-refractivity contribution in [3.8, 4) is 0 Å². The molecular weight excluding hydrogens is 206 g/mol. The molecule has 1 aliphatic heterocycles. The summed E-state index contributed by atoms with van der Waals surface area (Å²) in [5, 5.41) is 1.62. The Labute approximate surface area is 97.1 Å². The average molecular weight is 227 g/mol. The van der Waals surface area contributed by atoms with Crippen LogP contribution in [0.3, 0.4) is 0 Å². The minimum Gasteiger partial charge on any atom is -0.376 e. The molecule has 5 heteroatoms. The number of hydrogen-bond donors (Lipinski definition) is 0. The lowest BCUT2D eigenvalue weighted by molar-refractivity contribution is -0.134. The van der Waals surface area contributed by atoms with Gasteiger partial charge >= 0.3 is 0 Å². The predicted octanol–water partition coefficient (Wildman–Crippen LogP) is 1.84. The maximum atomic E-state index is 5.60. The Hall–Kier alpha value is -0.940. The predicted molar refractivity (Wildman–Crippen MR) is 64.6 cm³/mol. The number of ether oxygens (including phenoxy) is 1. The standard InChI is InChI=1S/C11H21N3O2/c1-3-5-6-11(15-4-2)7-16-14-9-12-8-13-10-14/h8-9,11H,3-7,10H2,1-2H3. The van der Waals surface area contributed by atoms with Crippen molar-refractivity contribution in [2.24, 2.45) is 9.98 Å². The summed E-state index contributed by atoms with van der Waals surface area (Å²) in [5.74, 6) is 0. The third-order valence-corrected chi connectivity index (χ3v) is 2.27. The van der Waals surface area contributed by atoms with Gasteiger partial charge in [-0.15, -0.1) is 0 Å². The van der Waals surface area contributed by atoms with Gasteiger partial charge in [-0.3, -0.25) is 4.84 Å². The number of nitrogens with zero attached hydrogens (tertiary/aromatic N) is 3. The lowest BCUT2D eigenvalue weighted by Crippen LogP contribution is -2.30. The second-order valence-electron chi connectivity index (χ2n) is 3.64. The Balaban J connectivity index is 2.20. The van der Waals surface area contributed by atoms with Crippen molar-refractivity contribution in [1.29, 1.82) is 0 Å². The highest BCUT2D eigenvalue weighted by Crippen LogP contribution is 2.06. The first-order valence-electron chi connectivity index (χ1n) is 5.89. The summed E-state index contributed by atoms with van der Waals surface area (Å²) in [5.41, 5.74) is 0. The van der Waals surface area contributed by atoms with Gasteiger partial charge in [-0.05, 0) is 13.3 Å². The van der Waals surface area contributed by atoms with E-state index in [0.717, 1.165) is 13.0 Å². The second-order valence-corrected chi connectivity index (χ2v) is 3.64. The van der Waals surface area contributed by atoms with Crippen LogP contribution in [0.4, 0.5) is 0 Å². The molecule has 0 aromatic rings. The molecule has 0 aliphatic carbocycles. The third kappa shape index (κ3) is 5.23. The van der Waals surface area contributed by atoms with E-state index in [9.17, 15) is 0 Å². The number of hydrogen-bond acceptors (Lipinski definition) is 5. The zero-order chi connectivity index (χ0) is 11.6. The molecule has 16 heavy (non-hydrogen) atoms. The lowest BCUT2D eigenvalue weighted by atomic mass is 10.2. The number of rotatable bonds is 8. The lowest BCUT2D eigenvalue weighted by Gasteiger charge is -2.22. The van der Waals surface area contributed by atoms with Gasteiger partial charge in [0.1, 0.15) is 26.0 Å². The quantitative estimate of drug-likeness (QED) is 0.635. The van der Waals surface area contributed by atoms with Gasteiger partial charge in [-0.2, -0.15) is 0 Å². The summed E-state index contributed by atoms with van der Waals surface area (Å²) in [6.45, 7) is 5.98. The van der Waals surface area contributed by atoms with Crippen LogP contribution in [0, 0.1) is 0 Å². The number of hydroxylamine groups is 2. The molecule has 92 valence electrons. The Morgan fingerprint density at radius 3 is 2.94 bits per heavy atom. The molecule has 0 amide bonds. The smallest absolute Gasteiger partial charge is 0.138 e. The van der Waals surface area contributed by atoms with Crippen LogP contribution in [0.1, 0.15) is 33.1 Å². The van der Waals surface area contributed by atoms with Gasteiger partial charge < -0.3 is 4.74 Å². The average Bonchev–Trinajstić information content (AvgIpc) is 2.34. The zero-order valence-electron chi connectivity index (χ0n) is 10.1. The van der Waals surface area contributed by atoms with Gasteiger partial charge in [0.2, 0.25) is 0 Å². The first-order chi connectivity index (χ1) is 7.86. The van der Waals surface area contributed by atoms with Crippen LogP contribution in [-0.2, 0) is 9.57 Å². The van der Waals surface area contributed by atoms with Crippen LogP contribution in [0.2, 0.25) is 0 Å². The Bertz CT molecular complexity index is 231. The minimum atomic E-state index is 0.171. The summed E-state index contributed by atoms with van der Waals surface area (Å²) in [7, 11) is 0. The molecule has 1 aliphatic rings. The molecule has 0 aromatic heterocycles. The number of aliphatic imine (C=N–C) groups is 2. The molecule has 1 unspecified atom stereocenters. The summed E-state index contributed by atoms with van der Waals surface area (Å²) < 4.78 is 5.60. The fourth-order valence-corrected chi connectivity index (χ4v) is 1.44. The van der Waals surface area contributed by atoms with Gasteiger partial charge in [0.05, 0.1) is 6.10 Å². The third-order valence-electron chi connectivity index (χ3n) is 2.27. The largest absolute Gasteiger partial charge is 0.376 e. The van der Waals surface area contributed by atoms with Crippen LogP contribution in [-0.4, -0.2) is 43.7 Å². The van der Waals surface area contributed by atoms with E-state index in [1.54, 1.807) is 11.4 Å². The highest BCUT2D eigenvalue weighted by molar-refractivity contribution is 5.72. The summed E-state index contributed by atoms with van der Waals surface area (Å²) >= 11 is 0. The molecule has 1 atom stereocenters. The normalized spacial score (nSPS) is 16.8. The topological polar surface area (TPSA) is 46.4 Å². The Morgan fingerprint density at radius 1 is 1.44 bits per heavy atom. The maximum Gasteiger partial charge on any atom is 0.138 e. The van der Waals surface area contributed by atoms with Crippen molar-refractivity contribution in [3.63, 3.8) is 0 Å². The van der Waals surface area contributed by atoms with Gasteiger partial charge in [-0.1, -0.05) is 19.8 Å². The fraction of sp³-hybridized carbons (Fsp3) is 0.818. The van der Waals surface area contributed by atoms with E-state index >= 15 is 0 Å². The van der Waals surface area contributed by atoms with E-state index < -0.39 is 0 Å². The molecule has 0 N–H and O–H groups in total. The highest BCUT2D eigenvalue weighted by atomic mass is 16.7. The van der Waals surface area contributed by atoms with Crippen LogP contribution in [0.25, 0.3) is 0 Å². The molecule has 0 bridgehead atoms. The molecule has 1 rings (SSSR count). The molecule has 0 fully saturated rings. The first-order valence-corrected chi connectivity index (χ1v) is 5.89. The van der Waals surface area contributed by atoms with E-state index in [-0.39, 0.29) is 6.10 Å². The SMILES string of the molecule is CCCCC(CON1C=NC=NC1)OCC. The van der Waals surface area contributed by atoms with E-state index in [4.69, 9.17) is 9.57 Å². The Kier molecular flexibility index (Phi) is 6.76. The summed E-state index contributed by atoms with van der Waals surface area (Å²) in [4.78, 5) is 13.4. The fourth-order valence-electron chi connectivity index (χ4n) is 1.44. The summed E-state index contributed by atoms with van der Waals surface area (Å²) in [6, 6.07) is 0. The molecule has 0 spiro atoms. The van der Waals surface area contributed by atoms with Crippen molar-refractivity contribution in [2.75, 3.05) is 19.9 Å². The van der Waals surface area contributed by atoms with Gasteiger partial charge in [0, 0.05) is 6.61 Å². The monoisotopic (exact) mass is 227 g/mol. The van der Waals surface area contributed by atoms with Crippen molar-refractivity contribution in [1.82, 2.24) is 5.06 Å². The zero-order valence-corrected chi connectivity index (χ0v) is 10.1. The molecular formula is C11H21N3O2. The molecule has 0 radical (unpaired) electrons. The van der Waals surface area contributed by atoms with Gasteiger partial charge in [0.25, 0.3) is 0 Å². The van der Waals surface area contributed by atoms with Gasteiger partial charge in [0.15, 0.2) is 0 Å². The Morgan fingerprint density at radius 2 is 2.31 bits per heavy atom. The van der Waals surface area contributed by atoms with E-state index in [1.807, 2.05) is 6.92 Å². The minimum absolute atomic E-state index is 0.171. The van der Waals surface area contributed by atoms with Crippen LogP contribution >= 0.6 is 0 Å². The first kappa shape index (κ1) is 13.1. The van der Waals surface area contributed by atoms with Crippen molar-refractivity contribution in [2.45, 2.75) is 39.2 Å². The second kappa shape index (κ2) is 8.24. The molecule has 1 heterocycles. The maximum absolute atomic E-state index is 5.60. The molecule has 0 saturated heterocycles. The van der Waals surface area contributed by atoms with Crippen molar-refractivity contribution < 1.29 is 9.57 Å². The van der Waals surface area contributed by atoms with E-state index in [0.29, 0.717) is 13.3 Å². The number of unbranched alkanes of at least 4 members (excludes halogenated alkanes) is 1. The van der Waals surface area contributed by atoms with Crippen molar-refractivity contribution >= 4 is 12.7 Å². The summed E-state index contributed by atoms with van der Waals surface area (Å²) in [6.07, 6.45) is 6.72. The van der Waals surface area contributed by atoms with E-state index in [2.05, 4.69) is 16.9 Å². The van der Waals surface area contributed by atoms with Crippen molar-refractivity contribution in [3.05, 3.63) is 0 Å². The van der Waals surface area contributed by atoms with Crippen LogP contribution < -0.4 is 0 Å².